The molecule has 224 valence electrons. The van der Waals surface area contributed by atoms with E-state index in [0.29, 0.717) is 45.8 Å². The third-order valence-corrected chi connectivity index (χ3v) is 8.89. The predicted octanol–water partition coefficient (Wildman–Crippen LogP) is 3.97. The average Bonchev–Trinajstić information content (AvgIpc) is 3.51. The van der Waals surface area contributed by atoms with Crippen molar-refractivity contribution in [3.05, 3.63) is 42.1 Å². The number of nitrogens with one attached hydrogen (secondary N) is 2. The zero-order chi connectivity index (χ0) is 29.6. The van der Waals surface area contributed by atoms with Crippen LogP contribution in [0, 0.1) is 11.8 Å². The Kier molecular flexibility index (Phi) is 7.27. The molecule has 0 spiro atoms. The molecule has 1 saturated carbocycles. The Morgan fingerprint density at radius 3 is 2.40 bits per heavy atom. The number of fused-ring (bicyclic) bond motifs is 2. The zero-order valence-electron chi connectivity index (χ0n) is 23.6. The van der Waals surface area contributed by atoms with Crippen LogP contribution >= 0.6 is 0 Å². The number of anilines is 4. The van der Waals surface area contributed by atoms with Gasteiger partial charge in [-0.2, -0.15) is 0 Å². The van der Waals surface area contributed by atoms with Gasteiger partial charge in [-0.15, -0.1) is 5.10 Å². The van der Waals surface area contributed by atoms with E-state index in [2.05, 4.69) is 25.3 Å². The minimum atomic E-state index is -3.51. The number of rotatable bonds is 7. The van der Waals surface area contributed by atoms with Crippen LogP contribution in [0.2, 0.25) is 0 Å². The van der Waals surface area contributed by atoms with E-state index in [1.165, 1.54) is 6.42 Å². The Morgan fingerprint density at radius 1 is 1.05 bits per heavy atom. The Morgan fingerprint density at radius 2 is 1.76 bits per heavy atom. The van der Waals surface area contributed by atoms with Crippen LogP contribution in [0.3, 0.4) is 0 Å². The van der Waals surface area contributed by atoms with Crippen LogP contribution in [0.5, 0.6) is 0 Å². The first-order valence-corrected chi connectivity index (χ1v) is 16.0. The van der Waals surface area contributed by atoms with Crippen LogP contribution in [-0.2, 0) is 17.1 Å². The molecular formula is C28H34F2N8O3S. The number of hydrogen-bond acceptors (Lipinski definition) is 8. The zero-order valence-corrected chi connectivity index (χ0v) is 24.4. The van der Waals surface area contributed by atoms with Gasteiger partial charge in [0.05, 0.1) is 29.4 Å². The minimum absolute atomic E-state index is 0.112. The van der Waals surface area contributed by atoms with Crippen molar-refractivity contribution in [3.63, 3.8) is 0 Å². The van der Waals surface area contributed by atoms with Crippen LogP contribution in [0.4, 0.5) is 31.8 Å². The van der Waals surface area contributed by atoms with Crippen molar-refractivity contribution in [2.24, 2.45) is 18.9 Å². The summed E-state index contributed by atoms with van der Waals surface area (Å²) in [6.45, 7) is 1.82. The molecule has 0 radical (unpaired) electrons. The standard InChI is InChI=1S/C28H34F2N8O3S/c1-36-17-23(33-35-36)21-7-8-25(31-26(21)37-11-9-28(29,30)10-12-37)32-27(39)22-6-5-20(34-42(2,40)41)14-24(22)38-15-18-3-4-19(13-18)16-38/h5-8,14,17-19,34H,3-4,9-13,15-16H2,1-2H3,(H,31,32,39). The molecule has 2 unspecified atom stereocenters. The number of hydrogen-bond donors (Lipinski definition) is 2. The highest BCUT2D eigenvalue weighted by atomic mass is 32.2. The summed E-state index contributed by atoms with van der Waals surface area (Å²) in [6, 6.07) is 8.32. The molecule has 1 aliphatic carbocycles. The topological polar surface area (TPSA) is 125 Å². The van der Waals surface area contributed by atoms with E-state index in [1.54, 1.807) is 53.2 Å². The molecule has 14 heteroatoms. The summed E-state index contributed by atoms with van der Waals surface area (Å²) < 4.78 is 55.8. The summed E-state index contributed by atoms with van der Waals surface area (Å²) in [7, 11) is -1.77. The molecule has 3 aromatic rings. The van der Waals surface area contributed by atoms with Crippen LogP contribution in [0.15, 0.2) is 36.5 Å². The third kappa shape index (κ3) is 6.18. The molecule has 3 aliphatic rings. The monoisotopic (exact) mass is 600 g/mol. The Balaban J connectivity index is 1.32. The molecule has 3 fully saturated rings. The first kappa shape index (κ1) is 28.3. The number of nitrogens with zero attached hydrogens (tertiary/aromatic N) is 6. The van der Waals surface area contributed by atoms with Crippen molar-refractivity contribution >= 4 is 38.9 Å². The lowest BCUT2D eigenvalue weighted by Gasteiger charge is -2.35. The summed E-state index contributed by atoms with van der Waals surface area (Å²) in [4.78, 5) is 22.4. The maximum Gasteiger partial charge on any atom is 0.258 e. The summed E-state index contributed by atoms with van der Waals surface area (Å²) in [5, 5.41) is 11.1. The molecule has 11 nitrogen and oxygen atoms in total. The average molecular weight is 601 g/mol. The fraction of sp³-hybridized carbons (Fsp3) is 0.500. The highest BCUT2D eigenvalue weighted by molar-refractivity contribution is 7.92. The molecule has 2 saturated heterocycles. The van der Waals surface area contributed by atoms with Gasteiger partial charge in [0.25, 0.3) is 11.8 Å². The van der Waals surface area contributed by atoms with Gasteiger partial charge in [-0.3, -0.25) is 14.2 Å². The molecule has 2 bridgehead atoms. The number of piperidine rings is 2. The maximum atomic E-state index is 14.0. The molecule has 1 amide bonds. The first-order chi connectivity index (χ1) is 19.9. The van der Waals surface area contributed by atoms with Crippen LogP contribution in [-0.4, -0.2) is 72.7 Å². The van der Waals surface area contributed by atoms with E-state index >= 15 is 0 Å². The lowest BCUT2D eigenvalue weighted by molar-refractivity contribution is -0.0221. The molecule has 2 aliphatic heterocycles. The van der Waals surface area contributed by atoms with Crippen LogP contribution in [0.25, 0.3) is 11.3 Å². The fourth-order valence-electron chi connectivity index (χ4n) is 6.33. The lowest BCUT2D eigenvalue weighted by Crippen LogP contribution is -2.40. The number of halogens is 2. The quantitative estimate of drug-likeness (QED) is 0.418. The highest BCUT2D eigenvalue weighted by Crippen LogP contribution is 2.40. The molecule has 2 N–H and O–H groups in total. The summed E-state index contributed by atoms with van der Waals surface area (Å²) >= 11 is 0. The van der Waals surface area contributed by atoms with E-state index in [4.69, 9.17) is 4.98 Å². The molecule has 4 heterocycles. The number of aromatic nitrogens is 4. The van der Waals surface area contributed by atoms with E-state index in [9.17, 15) is 22.0 Å². The number of sulfonamides is 1. The van der Waals surface area contributed by atoms with E-state index in [0.717, 1.165) is 32.2 Å². The van der Waals surface area contributed by atoms with Crippen LogP contribution < -0.4 is 19.8 Å². The second-order valence-electron chi connectivity index (χ2n) is 11.7. The third-order valence-electron chi connectivity index (χ3n) is 8.28. The van der Waals surface area contributed by atoms with Crippen molar-refractivity contribution < 1.29 is 22.0 Å². The van der Waals surface area contributed by atoms with Crippen molar-refractivity contribution in [3.8, 4) is 11.3 Å². The Labute approximate surface area is 243 Å². The van der Waals surface area contributed by atoms with Gasteiger partial charge in [-0.1, -0.05) is 5.21 Å². The van der Waals surface area contributed by atoms with Gasteiger partial charge in [-0.05, 0) is 61.4 Å². The molecule has 2 aromatic heterocycles. The van der Waals surface area contributed by atoms with E-state index in [1.807, 2.05) is 0 Å². The largest absolute Gasteiger partial charge is 0.370 e. The number of amides is 1. The number of benzene rings is 1. The SMILES string of the molecule is Cn1cc(-c2ccc(NC(=O)c3ccc(NS(C)(=O)=O)cc3N3CC4CCC(C4)C3)nc2N2CCC(F)(F)CC2)nn1. The second-order valence-corrected chi connectivity index (χ2v) is 13.4. The van der Waals surface area contributed by atoms with Gasteiger partial charge in [0.15, 0.2) is 0 Å². The molecule has 1 aromatic carbocycles. The normalized spacial score (nSPS) is 21.8. The smallest absolute Gasteiger partial charge is 0.258 e. The van der Waals surface area contributed by atoms with Crippen molar-refractivity contribution in [2.75, 3.05) is 52.3 Å². The van der Waals surface area contributed by atoms with Crippen LogP contribution in [0.1, 0.15) is 42.5 Å². The van der Waals surface area contributed by atoms with Crippen molar-refractivity contribution in [1.82, 2.24) is 20.0 Å². The van der Waals surface area contributed by atoms with Crippen molar-refractivity contribution in [1.29, 1.82) is 0 Å². The van der Waals surface area contributed by atoms with Crippen molar-refractivity contribution in [2.45, 2.75) is 38.0 Å². The lowest BCUT2D eigenvalue weighted by atomic mass is 9.97. The van der Waals surface area contributed by atoms with Gasteiger partial charge in [-0.25, -0.2) is 22.2 Å². The summed E-state index contributed by atoms with van der Waals surface area (Å²) in [5.41, 5.74) is 2.62. The van der Waals surface area contributed by atoms with Gasteiger partial charge in [0.1, 0.15) is 17.3 Å². The molecular weight excluding hydrogens is 566 g/mol. The number of pyridine rings is 1. The first-order valence-electron chi connectivity index (χ1n) is 14.1. The van der Waals surface area contributed by atoms with Gasteiger partial charge >= 0.3 is 0 Å². The van der Waals surface area contributed by atoms with Gasteiger partial charge < -0.3 is 15.1 Å². The number of aryl methyl sites for hydroxylation is 1. The summed E-state index contributed by atoms with van der Waals surface area (Å²) in [6.07, 6.45) is 5.70. The number of carbonyl (C=O) groups excluding carboxylic acids is 1. The number of alkyl halides is 2. The Hall–Kier alpha value is -3.81. The predicted molar refractivity (Wildman–Crippen MR) is 157 cm³/mol. The minimum Gasteiger partial charge on any atom is -0.370 e. The van der Waals surface area contributed by atoms with Gasteiger partial charge in [0, 0.05) is 51.6 Å². The maximum absolute atomic E-state index is 14.0. The molecule has 6 rings (SSSR count). The molecule has 2 atom stereocenters. The van der Waals surface area contributed by atoms with E-state index in [-0.39, 0.29) is 31.7 Å². The summed E-state index contributed by atoms with van der Waals surface area (Å²) in [5.74, 6) is -1.32. The fourth-order valence-corrected chi connectivity index (χ4v) is 6.88. The van der Waals surface area contributed by atoms with Gasteiger partial charge in [0.2, 0.25) is 10.0 Å². The van der Waals surface area contributed by atoms with E-state index < -0.39 is 21.9 Å². The number of carbonyl (C=O) groups is 1. The second kappa shape index (κ2) is 10.8. The highest BCUT2D eigenvalue weighted by Gasteiger charge is 2.36. The Bertz CT molecular complexity index is 1590. The molecule has 42 heavy (non-hydrogen) atoms.